The van der Waals surface area contributed by atoms with Crippen molar-refractivity contribution in [2.75, 3.05) is 24.7 Å². The summed E-state index contributed by atoms with van der Waals surface area (Å²) in [5.41, 5.74) is -1.04. The van der Waals surface area contributed by atoms with Crippen LogP contribution in [-0.2, 0) is 10.9 Å². The molecule has 2 rings (SSSR count). The van der Waals surface area contributed by atoms with Crippen LogP contribution in [0.1, 0.15) is 29.8 Å². The van der Waals surface area contributed by atoms with Gasteiger partial charge in [-0.05, 0) is 32.0 Å². The monoisotopic (exact) mass is 437 g/mol. The van der Waals surface area contributed by atoms with E-state index in [4.69, 9.17) is 4.74 Å². The molecule has 1 aromatic carbocycles. The number of rotatable bonds is 7. The lowest BCUT2D eigenvalue weighted by atomic mass is 10.2. The summed E-state index contributed by atoms with van der Waals surface area (Å²) in [7, 11) is 0. The van der Waals surface area contributed by atoms with Crippen LogP contribution < -0.4 is 9.64 Å². The number of anilines is 2. The first kappa shape index (κ1) is 23.2. The second-order valence-electron chi connectivity index (χ2n) is 5.81. The molecule has 2 aromatic rings. The molecule has 0 bridgehead atoms. The normalized spacial score (nSPS) is 11.9. The van der Waals surface area contributed by atoms with Crippen LogP contribution in [-0.4, -0.2) is 41.9 Å². The van der Waals surface area contributed by atoms with E-state index in [1.165, 1.54) is 29.2 Å². The van der Waals surface area contributed by atoms with Crippen LogP contribution in [0.4, 0.5) is 38.0 Å². The number of carbonyl (C=O) groups is 1. The predicted molar refractivity (Wildman–Crippen MR) is 93.7 cm³/mol. The second kappa shape index (κ2) is 9.18. The molecule has 0 spiro atoms. The third-order valence-corrected chi connectivity index (χ3v) is 3.65. The fourth-order valence-electron chi connectivity index (χ4n) is 2.40. The highest BCUT2D eigenvalue weighted by Gasteiger charge is 2.38. The van der Waals surface area contributed by atoms with E-state index in [1.807, 2.05) is 0 Å². The van der Waals surface area contributed by atoms with E-state index in [-0.39, 0.29) is 24.7 Å². The number of halogens is 6. The Morgan fingerprint density at radius 2 is 1.83 bits per heavy atom. The van der Waals surface area contributed by atoms with Gasteiger partial charge in [0.1, 0.15) is 5.56 Å². The molecule has 1 heterocycles. The van der Waals surface area contributed by atoms with Crippen molar-refractivity contribution in [1.82, 2.24) is 9.97 Å². The highest BCUT2D eigenvalue weighted by atomic mass is 19.4. The predicted octanol–water partition coefficient (Wildman–Crippen LogP) is 4.77. The van der Waals surface area contributed by atoms with Crippen LogP contribution in [0.3, 0.4) is 0 Å². The van der Waals surface area contributed by atoms with Crippen molar-refractivity contribution < 1.29 is 40.6 Å². The lowest BCUT2D eigenvalue weighted by Crippen LogP contribution is -2.24. The van der Waals surface area contributed by atoms with Gasteiger partial charge in [0.2, 0.25) is 11.8 Å². The van der Waals surface area contributed by atoms with Crippen LogP contribution in [0, 0.1) is 0 Å². The van der Waals surface area contributed by atoms with Gasteiger partial charge in [-0.1, -0.05) is 6.07 Å². The van der Waals surface area contributed by atoms with E-state index >= 15 is 0 Å². The quantitative estimate of drug-likeness (QED) is 0.459. The average Bonchev–Trinajstić information content (AvgIpc) is 2.66. The summed E-state index contributed by atoms with van der Waals surface area (Å²) < 4.78 is 85.9. The Morgan fingerprint density at radius 1 is 1.13 bits per heavy atom. The van der Waals surface area contributed by atoms with Crippen LogP contribution in [0.2, 0.25) is 0 Å². The molecule has 0 aliphatic heterocycles. The number of esters is 1. The molecule has 0 N–H and O–H groups in total. The minimum Gasteiger partial charge on any atom is -0.467 e. The first-order chi connectivity index (χ1) is 14.0. The number of benzene rings is 1. The van der Waals surface area contributed by atoms with E-state index < -0.39 is 36.4 Å². The van der Waals surface area contributed by atoms with Crippen molar-refractivity contribution in [1.29, 1.82) is 0 Å². The maximum Gasteiger partial charge on any atom is 0.423 e. The lowest BCUT2D eigenvalue weighted by molar-refractivity contribution is -0.159. The molecule has 0 aliphatic carbocycles. The molecule has 1 aromatic heterocycles. The number of aromatic nitrogens is 2. The van der Waals surface area contributed by atoms with E-state index in [0.29, 0.717) is 11.9 Å². The lowest BCUT2D eigenvalue weighted by Gasteiger charge is -2.23. The first-order valence-corrected chi connectivity index (χ1v) is 8.64. The third kappa shape index (κ3) is 5.97. The number of alkyl halides is 6. The molecular weight excluding hydrogens is 420 g/mol. The minimum atomic E-state index is -5.01. The number of nitrogens with zero attached hydrogens (tertiary/aromatic N) is 3. The van der Waals surface area contributed by atoms with Crippen molar-refractivity contribution in [3.8, 4) is 5.88 Å². The van der Waals surface area contributed by atoms with Crippen molar-refractivity contribution in [2.24, 2.45) is 0 Å². The van der Waals surface area contributed by atoms with Crippen LogP contribution in [0.25, 0.3) is 0 Å². The Bertz CT molecular complexity index is 886. The number of ether oxygens (including phenoxy) is 2. The van der Waals surface area contributed by atoms with Crippen LogP contribution >= 0.6 is 0 Å². The van der Waals surface area contributed by atoms with Crippen molar-refractivity contribution >= 4 is 17.6 Å². The standard InChI is InChI=1S/C18H17F6N3O3/c1-3-27(12-7-5-6-11(8-12)15(28)29-4-2)16-25-9-13(18(22,23)24)14(26-16)30-10-17(19,20)21/h5-9H,3-4,10H2,1-2H3. The summed E-state index contributed by atoms with van der Waals surface area (Å²) in [6, 6.07) is 5.92. The molecule has 30 heavy (non-hydrogen) atoms. The van der Waals surface area contributed by atoms with Gasteiger partial charge in [0.05, 0.1) is 12.2 Å². The molecule has 0 aliphatic rings. The molecule has 0 saturated carbocycles. The Morgan fingerprint density at radius 3 is 2.40 bits per heavy atom. The Balaban J connectivity index is 2.45. The molecule has 164 valence electrons. The minimum absolute atomic E-state index is 0.135. The van der Waals surface area contributed by atoms with Gasteiger partial charge in [0.25, 0.3) is 0 Å². The SMILES string of the molecule is CCOC(=O)c1cccc(N(CC)c2ncc(C(F)(F)F)c(OCC(F)(F)F)n2)c1. The smallest absolute Gasteiger partial charge is 0.423 e. The summed E-state index contributed by atoms with van der Waals surface area (Å²) in [5, 5.41) is 0. The maximum atomic E-state index is 13.1. The van der Waals surface area contributed by atoms with Gasteiger partial charge >= 0.3 is 18.3 Å². The van der Waals surface area contributed by atoms with E-state index in [9.17, 15) is 31.1 Å². The number of hydrogen-bond donors (Lipinski definition) is 0. The van der Waals surface area contributed by atoms with Gasteiger partial charge in [0.15, 0.2) is 6.61 Å². The fourth-order valence-corrected chi connectivity index (χ4v) is 2.40. The molecule has 0 amide bonds. The van der Waals surface area contributed by atoms with Gasteiger partial charge in [-0.15, -0.1) is 0 Å². The van der Waals surface area contributed by atoms with Crippen molar-refractivity contribution in [2.45, 2.75) is 26.2 Å². The Hall–Kier alpha value is -3.05. The summed E-state index contributed by atoms with van der Waals surface area (Å²) in [6.45, 7) is 1.57. The van der Waals surface area contributed by atoms with Gasteiger partial charge < -0.3 is 14.4 Å². The number of carbonyl (C=O) groups excluding carboxylic acids is 1. The molecule has 0 radical (unpaired) electrons. The molecule has 0 atom stereocenters. The maximum absolute atomic E-state index is 13.1. The van der Waals surface area contributed by atoms with Gasteiger partial charge in [-0.3, -0.25) is 0 Å². The molecule has 0 unspecified atom stereocenters. The topological polar surface area (TPSA) is 64.5 Å². The van der Waals surface area contributed by atoms with Crippen molar-refractivity contribution in [3.63, 3.8) is 0 Å². The summed E-state index contributed by atoms with van der Waals surface area (Å²) in [4.78, 5) is 20.4. The fraction of sp³-hybridized carbons (Fsp3) is 0.389. The molecule has 6 nitrogen and oxygen atoms in total. The van der Waals surface area contributed by atoms with Crippen LogP contribution in [0.15, 0.2) is 30.5 Å². The zero-order chi connectivity index (χ0) is 22.5. The number of hydrogen-bond acceptors (Lipinski definition) is 6. The molecular formula is C18H17F6N3O3. The summed E-state index contributed by atoms with van der Waals surface area (Å²) in [6.07, 6.45) is -9.52. The molecule has 0 fully saturated rings. The van der Waals surface area contributed by atoms with Gasteiger partial charge in [-0.2, -0.15) is 31.3 Å². The van der Waals surface area contributed by atoms with E-state index in [2.05, 4.69) is 14.7 Å². The Labute approximate surface area is 167 Å². The van der Waals surface area contributed by atoms with Gasteiger partial charge in [-0.25, -0.2) is 9.78 Å². The van der Waals surface area contributed by atoms with Gasteiger partial charge in [0, 0.05) is 18.4 Å². The second-order valence-corrected chi connectivity index (χ2v) is 5.81. The first-order valence-electron chi connectivity index (χ1n) is 8.64. The summed E-state index contributed by atoms with van der Waals surface area (Å²) in [5.74, 6) is -2.19. The zero-order valence-electron chi connectivity index (χ0n) is 15.8. The molecule has 12 heteroatoms. The van der Waals surface area contributed by atoms with E-state index in [0.717, 1.165) is 0 Å². The average molecular weight is 437 g/mol. The van der Waals surface area contributed by atoms with E-state index in [1.54, 1.807) is 13.8 Å². The molecule has 0 saturated heterocycles. The summed E-state index contributed by atoms with van der Waals surface area (Å²) >= 11 is 0. The zero-order valence-corrected chi connectivity index (χ0v) is 15.8. The highest BCUT2D eigenvalue weighted by Crippen LogP contribution is 2.37. The van der Waals surface area contributed by atoms with Crippen LogP contribution in [0.5, 0.6) is 5.88 Å². The van der Waals surface area contributed by atoms with Crippen molar-refractivity contribution in [3.05, 3.63) is 41.6 Å². The largest absolute Gasteiger partial charge is 0.467 e. The highest BCUT2D eigenvalue weighted by molar-refractivity contribution is 5.90. The Kier molecular flexibility index (Phi) is 7.11. The third-order valence-electron chi connectivity index (χ3n) is 3.65.